The number of benzene rings is 2. The Labute approximate surface area is 169 Å². The topological polar surface area (TPSA) is 86.3 Å². The lowest BCUT2D eigenvalue weighted by molar-refractivity contribution is -0.137. The smallest absolute Gasteiger partial charge is 0.416 e. The van der Waals surface area contributed by atoms with Gasteiger partial charge in [0.1, 0.15) is 0 Å². The first-order valence-electron chi connectivity index (χ1n) is 8.48. The maximum atomic E-state index is 12.8. The summed E-state index contributed by atoms with van der Waals surface area (Å²) in [7, 11) is 4.35. The van der Waals surface area contributed by atoms with Gasteiger partial charge in [-0.3, -0.25) is 4.99 Å². The number of aromatic hydroxyl groups is 1. The number of ether oxygens (including phenoxy) is 3. The van der Waals surface area contributed by atoms with E-state index in [-0.39, 0.29) is 17.3 Å². The van der Waals surface area contributed by atoms with E-state index in [4.69, 9.17) is 18.6 Å². The Morgan fingerprint density at radius 3 is 2.27 bits per heavy atom. The summed E-state index contributed by atoms with van der Waals surface area (Å²) < 4.78 is 59.5. The van der Waals surface area contributed by atoms with Crippen LogP contribution in [0.2, 0.25) is 0 Å². The van der Waals surface area contributed by atoms with Crippen LogP contribution in [0.1, 0.15) is 11.3 Å². The fourth-order valence-electron chi connectivity index (χ4n) is 2.63. The van der Waals surface area contributed by atoms with Crippen molar-refractivity contribution in [2.24, 2.45) is 4.99 Å². The molecule has 1 heterocycles. The molecule has 158 valence electrons. The summed E-state index contributed by atoms with van der Waals surface area (Å²) in [6.07, 6.45) is -3.38. The highest BCUT2D eigenvalue weighted by Gasteiger charge is 2.30. The molecule has 0 aliphatic heterocycles. The molecule has 2 aromatic carbocycles. The van der Waals surface area contributed by atoms with E-state index in [1.54, 1.807) is 12.1 Å². The Balaban J connectivity index is 1.94. The van der Waals surface area contributed by atoms with Crippen molar-refractivity contribution in [2.75, 3.05) is 21.3 Å². The lowest BCUT2D eigenvalue weighted by Crippen LogP contribution is -2.03. The molecule has 3 rings (SSSR count). The Morgan fingerprint density at radius 1 is 1.03 bits per heavy atom. The fraction of sp³-hybridized carbons (Fsp3) is 0.200. The number of oxazole rings is 1. The summed E-state index contributed by atoms with van der Waals surface area (Å²) in [4.78, 5) is 8.07. The zero-order valence-electron chi connectivity index (χ0n) is 16.1. The molecule has 0 spiro atoms. The minimum atomic E-state index is -4.48. The second-order valence-corrected chi connectivity index (χ2v) is 5.93. The summed E-state index contributed by atoms with van der Waals surface area (Å²) in [5.41, 5.74) is -0.434. The molecule has 0 aliphatic rings. The van der Waals surface area contributed by atoms with Crippen LogP contribution in [0.25, 0.3) is 11.5 Å². The number of hydrogen-bond acceptors (Lipinski definition) is 7. The molecular weight excluding hydrogens is 405 g/mol. The lowest BCUT2D eigenvalue weighted by Gasteiger charge is -2.12. The molecule has 1 N–H and O–H groups in total. The SMILES string of the molecule is COc1cc(-c2nc(C=Nc3cccc(C(F)(F)F)c3)c(O)o2)cc(OC)c1OC. The van der Waals surface area contributed by atoms with Crippen LogP contribution in [0, 0.1) is 0 Å². The zero-order chi connectivity index (χ0) is 21.9. The number of nitrogens with zero attached hydrogens (tertiary/aromatic N) is 2. The Kier molecular flexibility index (Phi) is 5.86. The number of aromatic nitrogens is 1. The van der Waals surface area contributed by atoms with Gasteiger partial charge in [0, 0.05) is 5.56 Å². The van der Waals surface area contributed by atoms with Gasteiger partial charge in [-0.15, -0.1) is 0 Å². The van der Waals surface area contributed by atoms with E-state index in [0.29, 0.717) is 22.8 Å². The van der Waals surface area contributed by atoms with Crippen LogP contribution in [-0.4, -0.2) is 37.6 Å². The van der Waals surface area contributed by atoms with Crippen LogP contribution in [0.15, 0.2) is 45.8 Å². The molecule has 10 heteroatoms. The first-order chi connectivity index (χ1) is 14.3. The van der Waals surface area contributed by atoms with Crippen molar-refractivity contribution >= 4 is 11.9 Å². The van der Waals surface area contributed by atoms with Crippen LogP contribution < -0.4 is 14.2 Å². The summed E-state index contributed by atoms with van der Waals surface area (Å²) in [6, 6.07) is 7.59. The largest absolute Gasteiger partial charge is 0.493 e. The highest BCUT2D eigenvalue weighted by molar-refractivity contribution is 5.83. The molecule has 3 aromatic rings. The van der Waals surface area contributed by atoms with Crippen molar-refractivity contribution in [3.63, 3.8) is 0 Å². The van der Waals surface area contributed by atoms with Crippen molar-refractivity contribution in [1.29, 1.82) is 0 Å². The van der Waals surface area contributed by atoms with Gasteiger partial charge in [-0.25, -0.2) is 4.98 Å². The minimum Gasteiger partial charge on any atom is -0.493 e. The maximum absolute atomic E-state index is 12.8. The van der Waals surface area contributed by atoms with Gasteiger partial charge < -0.3 is 23.7 Å². The standard InChI is InChI=1S/C20H17F3N2O5/c1-27-15-7-11(8-16(28-2)17(15)29-3)18-25-14(19(26)30-18)10-24-13-6-4-5-12(9-13)20(21,22)23/h4-10,26H,1-3H3. The quantitative estimate of drug-likeness (QED) is 0.572. The number of rotatable bonds is 6. The molecule has 30 heavy (non-hydrogen) atoms. The van der Waals surface area contributed by atoms with Gasteiger partial charge in [0.15, 0.2) is 17.2 Å². The highest BCUT2D eigenvalue weighted by Crippen LogP contribution is 2.41. The van der Waals surface area contributed by atoms with Gasteiger partial charge in [-0.1, -0.05) is 6.07 Å². The number of aliphatic imine (C=N–C) groups is 1. The molecule has 0 saturated carbocycles. The second kappa shape index (κ2) is 8.36. The van der Waals surface area contributed by atoms with E-state index in [9.17, 15) is 18.3 Å². The highest BCUT2D eigenvalue weighted by atomic mass is 19.4. The van der Waals surface area contributed by atoms with Gasteiger partial charge in [-0.05, 0) is 30.3 Å². The molecule has 0 amide bonds. The third-order valence-electron chi connectivity index (χ3n) is 4.06. The van der Waals surface area contributed by atoms with Crippen LogP contribution >= 0.6 is 0 Å². The van der Waals surface area contributed by atoms with Gasteiger partial charge in [0.05, 0.1) is 38.8 Å². The first-order valence-corrected chi connectivity index (χ1v) is 8.48. The zero-order valence-corrected chi connectivity index (χ0v) is 16.1. The van der Waals surface area contributed by atoms with Crippen LogP contribution in [-0.2, 0) is 6.18 Å². The Hall–Kier alpha value is -3.69. The second-order valence-electron chi connectivity index (χ2n) is 5.93. The fourth-order valence-corrected chi connectivity index (χ4v) is 2.63. The van der Waals surface area contributed by atoms with Crippen molar-refractivity contribution in [2.45, 2.75) is 6.18 Å². The molecule has 1 aromatic heterocycles. The van der Waals surface area contributed by atoms with Gasteiger partial charge in [0.2, 0.25) is 11.6 Å². The predicted octanol–water partition coefficient (Wildman–Crippen LogP) is 4.84. The third kappa shape index (κ3) is 4.32. The molecule has 0 bridgehead atoms. The molecule has 0 aliphatic carbocycles. The van der Waals surface area contributed by atoms with E-state index in [1.807, 2.05) is 0 Å². The van der Waals surface area contributed by atoms with Crippen molar-refractivity contribution in [3.8, 4) is 34.6 Å². The number of hydrogen-bond donors (Lipinski definition) is 1. The monoisotopic (exact) mass is 422 g/mol. The molecular formula is C20H17F3N2O5. The van der Waals surface area contributed by atoms with E-state index in [1.165, 1.54) is 33.5 Å². The van der Waals surface area contributed by atoms with Crippen LogP contribution in [0.5, 0.6) is 23.2 Å². The van der Waals surface area contributed by atoms with Crippen LogP contribution in [0.3, 0.4) is 0 Å². The number of methoxy groups -OCH3 is 3. The predicted molar refractivity (Wildman–Crippen MR) is 102 cm³/mol. The van der Waals surface area contributed by atoms with Gasteiger partial charge in [-0.2, -0.15) is 13.2 Å². The normalized spacial score (nSPS) is 11.7. The summed E-state index contributed by atoms with van der Waals surface area (Å²) in [5, 5.41) is 10.0. The molecule has 0 atom stereocenters. The van der Waals surface area contributed by atoms with E-state index >= 15 is 0 Å². The molecule has 0 radical (unpaired) electrons. The average molecular weight is 422 g/mol. The first kappa shape index (κ1) is 21.0. The van der Waals surface area contributed by atoms with Crippen molar-refractivity contribution in [1.82, 2.24) is 4.98 Å². The van der Waals surface area contributed by atoms with E-state index in [2.05, 4.69) is 9.98 Å². The summed E-state index contributed by atoms with van der Waals surface area (Å²) in [6.45, 7) is 0. The molecule has 0 unspecified atom stereocenters. The maximum Gasteiger partial charge on any atom is 0.416 e. The van der Waals surface area contributed by atoms with Crippen molar-refractivity contribution in [3.05, 3.63) is 47.7 Å². The molecule has 0 fully saturated rings. The van der Waals surface area contributed by atoms with Crippen molar-refractivity contribution < 1.29 is 36.9 Å². The Morgan fingerprint density at radius 2 is 1.70 bits per heavy atom. The summed E-state index contributed by atoms with van der Waals surface area (Å²) >= 11 is 0. The summed E-state index contributed by atoms with van der Waals surface area (Å²) in [5.74, 6) is 0.546. The Bertz CT molecular complexity index is 1050. The third-order valence-corrected chi connectivity index (χ3v) is 4.06. The average Bonchev–Trinajstić information content (AvgIpc) is 3.11. The molecule has 7 nitrogen and oxygen atoms in total. The van der Waals surface area contributed by atoms with Crippen LogP contribution in [0.4, 0.5) is 18.9 Å². The van der Waals surface area contributed by atoms with Gasteiger partial charge in [0.25, 0.3) is 0 Å². The van der Waals surface area contributed by atoms with E-state index < -0.39 is 17.7 Å². The van der Waals surface area contributed by atoms with Gasteiger partial charge >= 0.3 is 12.1 Å². The number of alkyl halides is 3. The number of halogens is 3. The van der Waals surface area contributed by atoms with E-state index in [0.717, 1.165) is 18.3 Å². The molecule has 0 saturated heterocycles. The lowest BCUT2D eigenvalue weighted by atomic mass is 10.2. The minimum absolute atomic E-state index is 0.0252.